The Morgan fingerprint density at radius 1 is 0.941 bits per heavy atom. The molecule has 1 aliphatic rings. The van der Waals surface area contributed by atoms with Gasteiger partial charge in [0, 0.05) is 6.54 Å². The summed E-state index contributed by atoms with van der Waals surface area (Å²) in [5, 5.41) is 3.59. The summed E-state index contributed by atoms with van der Waals surface area (Å²) in [4.78, 5) is 0. The summed E-state index contributed by atoms with van der Waals surface area (Å²) in [6, 6.07) is 19.8. The number of fused-ring (bicyclic) bond motifs is 1. The van der Waals surface area contributed by atoms with Crippen LogP contribution in [-0.4, -0.2) is 6.54 Å². The predicted octanol–water partition coefficient (Wildman–Crippen LogP) is 0.0382. The Bertz CT molecular complexity index is 487. The van der Waals surface area contributed by atoms with E-state index in [1.807, 2.05) is 0 Å². The first-order valence-electron chi connectivity index (χ1n) is 5.81. The third kappa shape index (κ3) is 2.89. The van der Waals surface area contributed by atoms with Crippen LogP contribution in [0.4, 0.5) is 0 Å². The maximum atomic E-state index is 3.59. The largest absolute Gasteiger partial charge is 1.00 e. The molecule has 1 atom stereocenters. The van der Waals surface area contributed by atoms with E-state index in [1.165, 1.54) is 16.7 Å². The molecule has 0 saturated carbocycles. The quantitative estimate of drug-likeness (QED) is 0.704. The summed E-state index contributed by atoms with van der Waals surface area (Å²) < 4.78 is 0. The van der Waals surface area contributed by atoms with E-state index < -0.39 is 0 Å². The third-order valence-electron chi connectivity index (χ3n) is 3.24. The maximum absolute atomic E-state index is 3.59. The number of hydrogen-bond donors (Lipinski definition) is 1. The zero-order valence-electron chi connectivity index (χ0n) is 11.2. The van der Waals surface area contributed by atoms with Crippen molar-refractivity contribution >= 4 is 0 Å². The summed E-state index contributed by atoms with van der Waals surface area (Å²) >= 11 is 0. The Labute approximate surface area is 147 Å². The monoisotopic (exact) mass is 249 g/mol. The van der Waals surface area contributed by atoms with Crippen molar-refractivity contribution < 1.29 is 52.8 Å². The topological polar surface area (TPSA) is 12.0 Å². The zero-order valence-corrected chi connectivity index (χ0v) is 13.3. The van der Waals surface area contributed by atoms with Gasteiger partial charge in [0.25, 0.3) is 0 Å². The van der Waals surface area contributed by atoms with Crippen molar-refractivity contribution in [1.29, 1.82) is 0 Å². The zero-order chi connectivity index (χ0) is 10.8. The average molecular weight is 249 g/mol. The van der Waals surface area contributed by atoms with E-state index in [0.29, 0.717) is 6.04 Å². The van der Waals surface area contributed by atoms with Crippen molar-refractivity contribution in [3.63, 3.8) is 0 Å². The normalized spacial score (nSPS) is 18.0. The van der Waals surface area contributed by atoms with Crippen LogP contribution in [0.1, 0.15) is 24.2 Å². The van der Waals surface area contributed by atoms with E-state index in [1.54, 1.807) is 0 Å². The van der Waals surface area contributed by atoms with Crippen LogP contribution in [0.15, 0.2) is 54.6 Å². The molecule has 0 radical (unpaired) electrons. The fraction of sp³-hybridized carbons (Fsp3) is 0.200. The minimum absolute atomic E-state index is 0. The molecule has 0 bridgehead atoms. The van der Waals surface area contributed by atoms with Gasteiger partial charge in [-0.3, -0.25) is 0 Å². The Morgan fingerprint density at radius 2 is 1.65 bits per heavy atom. The summed E-state index contributed by atoms with van der Waals surface area (Å²) in [5.74, 6) is 0. The molecule has 1 N–H and O–H groups in total. The van der Waals surface area contributed by atoms with Gasteiger partial charge in [0.1, 0.15) is 0 Å². The second kappa shape index (κ2) is 6.28. The van der Waals surface area contributed by atoms with Crippen molar-refractivity contribution in [2.75, 3.05) is 6.54 Å². The summed E-state index contributed by atoms with van der Waals surface area (Å²) in [6.45, 7) is 1.07. The molecule has 2 aromatic rings. The van der Waals surface area contributed by atoms with Gasteiger partial charge < -0.3 is 6.74 Å². The number of rotatable bonds is 1. The molecule has 1 nitrogen and oxygen atoms in total. The fourth-order valence-electron chi connectivity index (χ4n) is 2.45. The van der Waals surface area contributed by atoms with Crippen molar-refractivity contribution in [2.24, 2.45) is 0 Å². The van der Waals surface area contributed by atoms with Gasteiger partial charge in [0.2, 0.25) is 0 Å². The summed E-state index contributed by atoms with van der Waals surface area (Å²) in [6.07, 6.45) is 1.14. The Balaban J connectivity index is 0.000000810. The van der Waals surface area contributed by atoms with E-state index >= 15 is 0 Å². The molecule has 1 aliphatic heterocycles. The van der Waals surface area contributed by atoms with Gasteiger partial charge in [-0.2, -0.15) is 0 Å². The summed E-state index contributed by atoms with van der Waals surface area (Å²) in [5.41, 5.74) is 4.27. The molecular weight excluding hydrogens is 233 g/mol. The van der Waals surface area contributed by atoms with Gasteiger partial charge in [-0.1, -0.05) is 54.6 Å². The SMILES string of the molecule is [H-].[K+].c1ccc([C@@H]2NCCc3ccccc32)cc1. The standard InChI is InChI=1S/C15H15N.K.H/c1-2-7-13(8-3-1)15-14-9-5-4-6-12(14)10-11-16-15;;/h1-9,15-16H,10-11H2;;/q;+1;-1/t15-;;/m0../s1. The molecular formula is C15H16KN. The predicted molar refractivity (Wildman–Crippen MR) is 67.5 cm³/mol. The van der Waals surface area contributed by atoms with Crippen LogP contribution in [0.2, 0.25) is 0 Å². The molecule has 0 aromatic heterocycles. The molecule has 3 rings (SSSR count). The smallest absolute Gasteiger partial charge is 1.00 e. The summed E-state index contributed by atoms with van der Waals surface area (Å²) in [7, 11) is 0. The first-order chi connectivity index (χ1) is 7.95. The number of nitrogens with one attached hydrogen (secondary N) is 1. The molecule has 0 spiro atoms. The van der Waals surface area contributed by atoms with Crippen LogP contribution >= 0.6 is 0 Å². The van der Waals surface area contributed by atoms with Gasteiger partial charge in [0.05, 0.1) is 6.04 Å². The minimum atomic E-state index is 0. The van der Waals surface area contributed by atoms with Crippen molar-refractivity contribution in [2.45, 2.75) is 12.5 Å². The van der Waals surface area contributed by atoms with Gasteiger partial charge in [-0.25, -0.2) is 0 Å². The maximum Gasteiger partial charge on any atom is 1.00 e. The van der Waals surface area contributed by atoms with Gasteiger partial charge in [-0.05, 0) is 23.1 Å². The molecule has 17 heavy (non-hydrogen) atoms. The van der Waals surface area contributed by atoms with E-state index in [-0.39, 0.29) is 52.8 Å². The molecule has 0 aliphatic carbocycles. The van der Waals surface area contributed by atoms with Crippen LogP contribution < -0.4 is 56.7 Å². The molecule has 0 fully saturated rings. The van der Waals surface area contributed by atoms with Gasteiger partial charge >= 0.3 is 51.4 Å². The van der Waals surface area contributed by atoms with Crippen LogP contribution in [0, 0.1) is 0 Å². The Hall–Kier alpha value is 0.0364. The molecule has 82 valence electrons. The molecule has 0 saturated heterocycles. The van der Waals surface area contributed by atoms with Crippen molar-refractivity contribution in [1.82, 2.24) is 5.32 Å². The average Bonchev–Trinajstić information content (AvgIpc) is 2.39. The number of hydrogen-bond acceptors (Lipinski definition) is 1. The van der Waals surface area contributed by atoms with Crippen LogP contribution in [-0.2, 0) is 6.42 Å². The third-order valence-corrected chi connectivity index (χ3v) is 3.24. The van der Waals surface area contributed by atoms with Crippen molar-refractivity contribution in [3.8, 4) is 0 Å². The van der Waals surface area contributed by atoms with Crippen LogP contribution in [0.3, 0.4) is 0 Å². The molecule has 0 amide bonds. The molecule has 0 unspecified atom stereocenters. The van der Waals surface area contributed by atoms with Crippen LogP contribution in [0.25, 0.3) is 0 Å². The van der Waals surface area contributed by atoms with Gasteiger partial charge in [0.15, 0.2) is 0 Å². The van der Waals surface area contributed by atoms with Crippen LogP contribution in [0.5, 0.6) is 0 Å². The van der Waals surface area contributed by atoms with Gasteiger partial charge in [-0.15, -0.1) is 0 Å². The van der Waals surface area contributed by atoms with E-state index in [2.05, 4.69) is 59.9 Å². The van der Waals surface area contributed by atoms with Crippen molar-refractivity contribution in [3.05, 3.63) is 71.3 Å². The number of benzene rings is 2. The first-order valence-corrected chi connectivity index (χ1v) is 5.81. The molecule has 2 heteroatoms. The Morgan fingerprint density at radius 3 is 2.47 bits per heavy atom. The van der Waals surface area contributed by atoms with E-state index in [0.717, 1.165) is 13.0 Å². The second-order valence-electron chi connectivity index (χ2n) is 4.25. The fourth-order valence-corrected chi connectivity index (χ4v) is 2.45. The second-order valence-corrected chi connectivity index (χ2v) is 4.25. The molecule has 1 heterocycles. The van der Waals surface area contributed by atoms with E-state index in [4.69, 9.17) is 0 Å². The minimum Gasteiger partial charge on any atom is -1.00 e. The Kier molecular flexibility index (Phi) is 4.97. The van der Waals surface area contributed by atoms with E-state index in [9.17, 15) is 0 Å². The first kappa shape index (κ1) is 13.5. The molecule has 2 aromatic carbocycles.